The molecule has 0 aromatic heterocycles. The molecule has 0 saturated carbocycles. The fourth-order valence-electron chi connectivity index (χ4n) is 2.73. The molecule has 1 aliphatic rings. The first-order valence-corrected chi connectivity index (χ1v) is 7.69. The van der Waals surface area contributed by atoms with Gasteiger partial charge in [0.1, 0.15) is 0 Å². The Morgan fingerprint density at radius 2 is 1.78 bits per heavy atom. The topological polar surface area (TPSA) is 18.5 Å². The standard InChI is InChI=1S/C15H33N3/c1-6-18-9-7-15(8-10-18)17(5)14(4)12-16-11-13(2)3/h13-16H,6-12H2,1-5H3. The summed E-state index contributed by atoms with van der Waals surface area (Å²) in [5.74, 6) is 0.746. The normalized spacial score (nSPS) is 20.8. The molecule has 1 saturated heterocycles. The second-order valence-corrected chi connectivity index (χ2v) is 6.23. The number of hydrogen-bond donors (Lipinski definition) is 1. The second-order valence-electron chi connectivity index (χ2n) is 6.23. The van der Waals surface area contributed by atoms with Crippen LogP contribution in [0.25, 0.3) is 0 Å². The van der Waals surface area contributed by atoms with Crippen LogP contribution in [0.4, 0.5) is 0 Å². The van der Waals surface area contributed by atoms with Gasteiger partial charge in [0, 0.05) is 18.6 Å². The molecule has 0 bridgehead atoms. The van der Waals surface area contributed by atoms with Crippen LogP contribution in [-0.4, -0.2) is 61.7 Å². The van der Waals surface area contributed by atoms with E-state index >= 15 is 0 Å². The fraction of sp³-hybridized carbons (Fsp3) is 1.00. The third-order valence-corrected chi connectivity index (χ3v) is 4.27. The molecule has 1 N–H and O–H groups in total. The summed E-state index contributed by atoms with van der Waals surface area (Å²) in [6, 6.07) is 1.42. The Morgan fingerprint density at radius 1 is 1.17 bits per heavy atom. The van der Waals surface area contributed by atoms with Gasteiger partial charge in [-0.2, -0.15) is 0 Å². The van der Waals surface area contributed by atoms with Gasteiger partial charge in [0.15, 0.2) is 0 Å². The molecule has 0 aromatic rings. The molecular formula is C15H33N3. The molecule has 108 valence electrons. The Bertz CT molecular complexity index is 210. The predicted octanol–water partition coefficient (Wildman–Crippen LogP) is 2.04. The third kappa shape index (κ3) is 5.25. The largest absolute Gasteiger partial charge is 0.315 e. The number of nitrogens with zero attached hydrogens (tertiary/aromatic N) is 2. The molecule has 1 rings (SSSR count). The van der Waals surface area contributed by atoms with Gasteiger partial charge in [0.2, 0.25) is 0 Å². The minimum absolute atomic E-state index is 0.641. The molecular weight excluding hydrogens is 222 g/mol. The SMILES string of the molecule is CCN1CCC(N(C)C(C)CNCC(C)C)CC1. The van der Waals surface area contributed by atoms with E-state index in [1.807, 2.05) is 0 Å². The zero-order chi connectivity index (χ0) is 13.5. The van der Waals surface area contributed by atoms with Crippen LogP contribution in [0.5, 0.6) is 0 Å². The zero-order valence-corrected chi connectivity index (χ0v) is 13.1. The fourth-order valence-corrected chi connectivity index (χ4v) is 2.73. The lowest BCUT2D eigenvalue weighted by Gasteiger charge is -2.39. The van der Waals surface area contributed by atoms with Crippen LogP contribution < -0.4 is 5.32 Å². The molecule has 0 radical (unpaired) electrons. The van der Waals surface area contributed by atoms with Crippen LogP contribution in [0.1, 0.15) is 40.5 Å². The number of likely N-dealkylation sites (N-methyl/N-ethyl adjacent to an activating group) is 1. The third-order valence-electron chi connectivity index (χ3n) is 4.27. The molecule has 1 fully saturated rings. The van der Waals surface area contributed by atoms with E-state index in [1.54, 1.807) is 0 Å². The van der Waals surface area contributed by atoms with Crippen molar-refractivity contribution in [2.75, 3.05) is 39.8 Å². The second kappa shape index (κ2) is 8.13. The number of hydrogen-bond acceptors (Lipinski definition) is 3. The van der Waals surface area contributed by atoms with Crippen molar-refractivity contribution in [3.8, 4) is 0 Å². The maximum absolute atomic E-state index is 3.57. The molecule has 1 heterocycles. The summed E-state index contributed by atoms with van der Waals surface area (Å²) >= 11 is 0. The summed E-state index contributed by atoms with van der Waals surface area (Å²) in [7, 11) is 2.30. The van der Waals surface area contributed by atoms with Crippen molar-refractivity contribution in [1.29, 1.82) is 0 Å². The van der Waals surface area contributed by atoms with E-state index in [0.717, 1.165) is 25.0 Å². The summed E-state index contributed by atoms with van der Waals surface area (Å²) in [5, 5.41) is 3.57. The summed E-state index contributed by atoms with van der Waals surface area (Å²) in [5.41, 5.74) is 0. The predicted molar refractivity (Wildman–Crippen MR) is 80.1 cm³/mol. The molecule has 0 amide bonds. The van der Waals surface area contributed by atoms with Gasteiger partial charge in [-0.25, -0.2) is 0 Å². The Kier molecular flexibility index (Phi) is 7.20. The van der Waals surface area contributed by atoms with Crippen LogP contribution in [0, 0.1) is 5.92 Å². The van der Waals surface area contributed by atoms with Gasteiger partial charge in [-0.1, -0.05) is 20.8 Å². The van der Waals surface area contributed by atoms with Crippen molar-refractivity contribution < 1.29 is 0 Å². The Hall–Kier alpha value is -0.120. The number of piperidine rings is 1. The lowest BCUT2D eigenvalue weighted by atomic mass is 10.0. The lowest BCUT2D eigenvalue weighted by molar-refractivity contribution is 0.103. The quantitative estimate of drug-likeness (QED) is 0.751. The highest BCUT2D eigenvalue weighted by Crippen LogP contribution is 2.16. The minimum Gasteiger partial charge on any atom is -0.315 e. The summed E-state index contributed by atoms with van der Waals surface area (Å²) in [6.45, 7) is 15.2. The maximum atomic E-state index is 3.57. The summed E-state index contributed by atoms with van der Waals surface area (Å²) < 4.78 is 0. The van der Waals surface area contributed by atoms with Crippen molar-refractivity contribution in [3.05, 3.63) is 0 Å². The monoisotopic (exact) mass is 255 g/mol. The first kappa shape index (κ1) is 15.9. The van der Waals surface area contributed by atoms with E-state index in [4.69, 9.17) is 0 Å². The van der Waals surface area contributed by atoms with Crippen LogP contribution in [-0.2, 0) is 0 Å². The maximum Gasteiger partial charge on any atom is 0.0192 e. The van der Waals surface area contributed by atoms with E-state index in [-0.39, 0.29) is 0 Å². The highest BCUT2D eigenvalue weighted by Gasteiger charge is 2.24. The molecule has 18 heavy (non-hydrogen) atoms. The first-order chi connectivity index (χ1) is 8.54. The van der Waals surface area contributed by atoms with Crippen molar-refractivity contribution in [2.45, 2.75) is 52.6 Å². The first-order valence-electron chi connectivity index (χ1n) is 7.69. The van der Waals surface area contributed by atoms with Gasteiger partial charge in [-0.15, -0.1) is 0 Å². The average molecular weight is 255 g/mol. The smallest absolute Gasteiger partial charge is 0.0192 e. The molecule has 1 unspecified atom stereocenters. The lowest BCUT2D eigenvalue weighted by Crippen LogP contribution is -2.49. The average Bonchev–Trinajstić information content (AvgIpc) is 2.37. The highest BCUT2D eigenvalue weighted by molar-refractivity contribution is 4.81. The molecule has 1 atom stereocenters. The van der Waals surface area contributed by atoms with E-state index < -0.39 is 0 Å². The number of likely N-dealkylation sites (tertiary alicyclic amines) is 1. The molecule has 0 spiro atoms. The van der Waals surface area contributed by atoms with Gasteiger partial charge in [0.05, 0.1) is 0 Å². The van der Waals surface area contributed by atoms with Crippen molar-refractivity contribution in [3.63, 3.8) is 0 Å². The van der Waals surface area contributed by atoms with Crippen LogP contribution >= 0.6 is 0 Å². The summed E-state index contributed by atoms with van der Waals surface area (Å²) in [4.78, 5) is 5.15. The summed E-state index contributed by atoms with van der Waals surface area (Å²) in [6.07, 6.45) is 2.66. The van der Waals surface area contributed by atoms with Crippen LogP contribution in [0.3, 0.4) is 0 Å². The van der Waals surface area contributed by atoms with E-state index in [2.05, 4.69) is 49.9 Å². The minimum atomic E-state index is 0.641. The molecule has 3 heteroatoms. The van der Waals surface area contributed by atoms with Crippen molar-refractivity contribution >= 4 is 0 Å². The highest BCUT2D eigenvalue weighted by atomic mass is 15.2. The van der Waals surface area contributed by atoms with Gasteiger partial charge >= 0.3 is 0 Å². The Labute approximate surface area is 114 Å². The van der Waals surface area contributed by atoms with E-state index in [9.17, 15) is 0 Å². The Morgan fingerprint density at radius 3 is 2.28 bits per heavy atom. The Balaban J connectivity index is 2.24. The van der Waals surface area contributed by atoms with Gasteiger partial charge in [-0.3, -0.25) is 4.90 Å². The van der Waals surface area contributed by atoms with E-state index in [1.165, 1.54) is 32.5 Å². The van der Waals surface area contributed by atoms with Crippen LogP contribution in [0.2, 0.25) is 0 Å². The van der Waals surface area contributed by atoms with E-state index in [0.29, 0.717) is 6.04 Å². The molecule has 0 aliphatic carbocycles. The molecule has 3 nitrogen and oxygen atoms in total. The van der Waals surface area contributed by atoms with Gasteiger partial charge in [0.25, 0.3) is 0 Å². The van der Waals surface area contributed by atoms with Crippen LogP contribution in [0.15, 0.2) is 0 Å². The van der Waals surface area contributed by atoms with Gasteiger partial charge in [-0.05, 0) is 58.9 Å². The van der Waals surface area contributed by atoms with Crippen molar-refractivity contribution in [1.82, 2.24) is 15.1 Å². The number of rotatable bonds is 7. The van der Waals surface area contributed by atoms with Gasteiger partial charge < -0.3 is 10.2 Å². The molecule has 0 aromatic carbocycles. The molecule has 1 aliphatic heterocycles. The number of nitrogens with one attached hydrogen (secondary N) is 1. The van der Waals surface area contributed by atoms with Crippen molar-refractivity contribution in [2.24, 2.45) is 5.92 Å². The zero-order valence-electron chi connectivity index (χ0n) is 13.1.